The molecule has 0 bridgehead atoms. The van der Waals surface area contributed by atoms with E-state index in [1.54, 1.807) is 6.92 Å². The third-order valence-electron chi connectivity index (χ3n) is 4.29. The molecule has 3 aromatic carbocycles. The van der Waals surface area contributed by atoms with Gasteiger partial charge in [-0.1, -0.05) is 29.8 Å². The molecule has 0 saturated heterocycles. The Labute approximate surface area is 187 Å². The highest BCUT2D eigenvalue weighted by atomic mass is 35.5. The topological polar surface area (TPSA) is 84.5 Å². The van der Waals surface area contributed by atoms with Crippen molar-refractivity contribution >= 4 is 38.9 Å². The number of nitrogens with one attached hydrogen (secondary N) is 2. The van der Waals surface area contributed by atoms with Crippen LogP contribution in [0.3, 0.4) is 0 Å². The van der Waals surface area contributed by atoms with E-state index in [1.807, 2.05) is 0 Å². The number of amides is 1. The van der Waals surface area contributed by atoms with Crippen molar-refractivity contribution in [3.05, 3.63) is 82.6 Å². The summed E-state index contributed by atoms with van der Waals surface area (Å²) in [4.78, 5) is 12.5. The van der Waals surface area contributed by atoms with Crippen molar-refractivity contribution in [1.82, 2.24) is 0 Å². The maximum absolute atomic E-state index is 13.8. The number of benzene rings is 3. The lowest BCUT2D eigenvalue weighted by molar-refractivity contribution is -0.0497. The quantitative estimate of drug-likeness (QED) is 0.467. The monoisotopic (exact) mass is 484 g/mol. The van der Waals surface area contributed by atoms with Gasteiger partial charge in [0.2, 0.25) is 0 Å². The second kappa shape index (κ2) is 9.49. The summed E-state index contributed by atoms with van der Waals surface area (Å²) in [6, 6.07) is 12.8. The fourth-order valence-electron chi connectivity index (χ4n) is 2.73. The largest absolute Gasteiger partial charge is 0.433 e. The lowest BCUT2D eigenvalue weighted by Crippen LogP contribution is -2.17. The minimum atomic E-state index is -4.18. The number of sulfonamides is 1. The standard InChI is InChI=1S/C21H16ClF3N2O4S/c1-12-6-8-14(32(29,30)27-18-5-3-2-4-17(18)23)11-15(12)20(28)26-13-7-9-19(16(22)10-13)31-21(24)25/h2-11,21,27H,1H3,(H,26,28). The number of ether oxygens (including phenoxy) is 1. The SMILES string of the molecule is Cc1ccc(S(=O)(=O)Nc2ccccc2F)cc1C(=O)Nc1ccc(OC(F)F)c(Cl)c1. The molecule has 32 heavy (non-hydrogen) atoms. The van der Waals surface area contributed by atoms with Crippen molar-refractivity contribution in [3.8, 4) is 5.75 Å². The molecule has 0 heterocycles. The maximum Gasteiger partial charge on any atom is 0.387 e. The van der Waals surface area contributed by atoms with E-state index in [9.17, 15) is 26.4 Å². The normalized spacial score (nSPS) is 11.3. The second-order valence-electron chi connectivity index (χ2n) is 6.54. The number of para-hydroxylation sites is 1. The zero-order valence-electron chi connectivity index (χ0n) is 16.4. The van der Waals surface area contributed by atoms with Crippen LogP contribution in [-0.2, 0) is 10.0 Å². The second-order valence-corrected chi connectivity index (χ2v) is 8.63. The first kappa shape index (κ1) is 23.4. The summed E-state index contributed by atoms with van der Waals surface area (Å²) < 4.78 is 70.2. The van der Waals surface area contributed by atoms with E-state index in [4.69, 9.17) is 11.6 Å². The van der Waals surface area contributed by atoms with Crippen LogP contribution in [0, 0.1) is 12.7 Å². The first-order valence-electron chi connectivity index (χ1n) is 9.00. The van der Waals surface area contributed by atoms with Crippen LogP contribution in [0.5, 0.6) is 5.75 Å². The van der Waals surface area contributed by atoms with Crippen molar-refractivity contribution in [2.75, 3.05) is 10.0 Å². The van der Waals surface area contributed by atoms with Crippen LogP contribution in [0.25, 0.3) is 0 Å². The lowest BCUT2D eigenvalue weighted by Gasteiger charge is -2.13. The Morgan fingerprint density at radius 3 is 2.44 bits per heavy atom. The molecule has 0 radical (unpaired) electrons. The zero-order chi connectivity index (χ0) is 23.5. The fraction of sp³-hybridized carbons (Fsp3) is 0.0952. The number of rotatable bonds is 7. The summed E-state index contributed by atoms with van der Waals surface area (Å²) in [6.07, 6.45) is 0. The predicted octanol–water partition coefficient (Wildman–Crippen LogP) is 5.44. The molecule has 3 rings (SSSR count). The molecular formula is C21H16ClF3N2O4S. The van der Waals surface area contributed by atoms with Crippen molar-refractivity contribution in [1.29, 1.82) is 0 Å². The molecule has 0 atom stereocenters. The summed E-state index contributed by atoms with van der Waals surface area (Å²) in [5, 5.41) is 2.37. The van der Waals surface area contributed by atoms with Gasteiger partial charge in [-0.3, -0.25) is 9.52 Å². The van der Waals surface area contributed by atoms with Gasteiger partial charge < -0.3 is 10.1 Å². The number of carbonyl (C=O) groups is 1. The summed E-state index contributed by atoms with van der Waals surface area (Å²) in [5.41, 5.74) is 0.445. The zero-order valence-corrected chi connectivity index (χ0v) is 18.0. The number of halogens is 4. The van der Waals surface area contributed by atoms with Gasteiger partial charge in [0.1, 0.15) is 11.6 Å². The Bertz CT molecular complexity index is 1270. The average Bonchev–Trinajstić information content (AvgIpc) is 2.71. The Hall–Kier alpha value is -3.24. The molecular weight excluding hydrogens is 469 g/mol. The van der Waals surface area contributed by atoms with Gasteiger partial charge in [0, 0.05) is 11.3 Å². The van der Waals surface area contributed by atoms with Gasteiger partial charge in [-0.25, -0.2) is 12.8 Å². The summed E-state index contributed by atoms with van der Waals surface area (Å²) in [5.74, 6) is -1.68. The van der Waals surface area contributed by atoms with Gasteiger partial charge in [0.25, 0.3) is 15.9 Å². The van der Waals surface area contributed by atoms with Gasteiger partial charge >= 0.3 is 6.61 Å². The average molecular weight is 485 g/mol. The van der Waals surface area contributed by atoms with Gasteiger partial charge in [-0.05, 0) is 55.0 Å². The molecule has 0 spiro atoms. The summed E-state index contributed by atoms with van der Waals surface area (Å²) in [6.45, 7) is -1.46. The van der Waals surface area contributed by atoms with E-state index in [-0.39, 0.29) is 32.6 Å². The third kappa shape index (κ3) is 5.51. The third-order valence-corrected chi connectivity index (χ3v) is 5.95. The molecule has 0 aliphatic heterocycles. The Morgan fingerprint density at radius 2 is 1.78 bits per heavy atom. The van der Waals surface area contributed by atoms with E-state index < -0.39 is 28.4 Å². The first-order valence-corrected chi connectivity index (χ1v) is 10.9. The lowest BCUT2D eigenvalue weighted by atomic mass is 10.1. The number of hydrogen-bond donors (Lipinski definition) is 2. The Kier molecular flexibility index (Phi) is 6.95. The van der Waals surface area contributed by atoms with E-state index in [0.29, 0.717) is 5.56 Å². The van der Waals surface area contributed by atoms with E-state index in [0.717, 1.165) is 18.2 Å². The molecule has 168 valence electrons. The molecule has 1 amide bonds. The minimum absolute atomic E-state index is 0.0328. The maximum atomic E-state index is 13.8. The van der Waals surface area contributed by atoms with Gasteiger partial charge in [-0.2, -0.15) is 8.78 Å². The smallest absolute Gasteiger partial charge is 0.387 e. The molecule has 3 aromatic rings. The van der Waals surface area contributed by atoms with Crippen LogP contribution < -0.4 is 14.8 Å². The van der Waals surface area contributed by atoms with Crippen molar-refractivity contribution in [3.63, 3.8) is 0 Å². The van der Waals surface area contributed by atoms with Crippen molar-refractivity contribution < 1.29 is 31.1 Å². The van der Waals surface area contributed by atoms with Gasteiger partial charge in [0.05, 0.1) is 15.6 Å². The van der Waals surface area contributed by atoms with Crippen molar-refractivity contribution in [2.24, 2.45) is 0 Å². The number of carbonyl (C=O) groups excluding carboxylic acids is 1. The van der Waals surface area contributed by atoms with E-state index >= 15 is 0 Å². The Balaban J connectivity index is 1.84. The molecule has 0 fully saturated rings. The molecule has 0 aromatic heterocycles. The molecule has 0 saturated carbocycles. The number of anilines is 2. The Morgan fingerprint density at radius 1 is 1.06 bits per heavy atom. The number of hydrogen-bond acceptors (Lipinski definition) is 4. The summed E-state index contributed by atoms with van der Waals surface area (Å²) >= 11 is 5.88. The fourth-order valence-corrected chi connectivity index (χ4v) is 4.05. The predicted molar refractivity (Wildman–Crippen MR) is 114 cm³/mol. The van der Waals surface area contributed by atoms with Crippen LogP contribution in [0.2, 0.25) is 5.02 Å². The highest BCUT2D eigenvalue weighted by molar-refractivity contribution is 7.92. The number of alkyl halides is 2. The van der Waals surface area contributed by atoms with Gasteiger partial charge in [-0.15, -0.1) is 0 Å². The molecule has 0 aliphatic carbocycles. The summed E-state index contributed by atoms with van der Waals surface area (Å²) in [7, 11) is -4.18. The minimum Gasteiger partial charge on any atom is -0.433 e. The van der Waals surface area contributed by atoms with Crippen LogP contribution in [-0.4, -0.2) is 20.9 Å². The van der Waals surface area contributed by atoms with E-state index in [1.165, 1.54) is 42.5 Å². The molecule has 6 nitrogen and oxygen atoms in total. The van der Waals surface area contributed by atoms with E-state index in [2.05, 4.69) is 14.8 Å². The van der Waals surface area contributed by atoms with Crippen molar-refractivity contribution in [2.45, 2.75) is 18.4 Å². The highest BCUT2D eigenvalue weighted by Crippen LogP contribution is 2.29. The van der Waals surface area contributed by atoms with Crippen LogP contribution in [0.4, 0.5) is 24.5 Å². The molecule has 0 aliphatic rings. The van der Waals surface area contributed by atoms with Gasteiger partial charge in [0.15, 0.2) is 0 Å². The van der Waals surface area contributed by atoms with Crippen LogP contribution >= 0.6 is 11.6 Å². The van der Waals surface area contributed by atoms with Crippen LogP contribution in [0.1, 0.15) is 15.9 Å². The molecule has 2 N–H and O–H groups in total. The first-order chi connectivity index (χ1) is 15.1. The van der Waals surface area contributed by atoms with Crippen LogP contribution in [0.15, 0.2) is 65.6 Å². The number of aryl methyl sites for hydroxylation is 1. The highest BCUT2D eigenvalue weighted by Gasteiger charge is 2.20. The molecule has 11 heteroatoms. The molecule has 0 unspecified atom stereocenters.